The second-order valence-electron chi connectivity index (χ2n) is 6.47. The highest BCUT2D eigenvalue weighted by molar-refractivity contribution is 5.94. The standard InChI is InChI=1S/C23H19FN2O/c24-18-12-10-17(11-13-18)23(27)26-14-20(16-6-2-1-3-7-16)21-15-25-22-9-5-4-8-19(21)22/h1-13,15,20,25H,14H2,(H,26,27). The smallest absolute Gasteiger partial charge is 0.251 e. The molecule has 2 N–H and O–H groups in total. The lowest BCUT2D eigenvalue weighted by Crippen LogP contribution is -2.28. The van der Waals surface area contributed by atoms with Gasteiger partial charge in [-0.15, -0.1) is 0 Å². The Balaban J connectivity index is 1.63. The van der Waals surface area contributed by atoms with Crippen molar-refractivity contribution in [2.75, 3.05) is 6.54 Å². The van der Waals surface area contributed by atoms with Crippen LogP contribution in [0.5, 0.6) is 0 Å². The first kappa shape index (κ1) is 17.0. The van der Waals surface area contributed by atoms with E-state index in [1.807, 2.05) is 42.6 Å². The fourth-order valence-corrected chi connectivity index (χ4v) is 3.37. The molecule has 0 aliphatic heterocycles. The molecule has 0 saturated carbocycles. The minimum Gasteiger partial charge on any atom is -0.361 e. The Bertz CT molecular complexity index is 1050. The number of carbonyl (C=O) groups is 1. The maximum absolute atomic E-state index is 13.1. The molecule has 1 unspecified atom stereocenters. The van der Waals surface area contributed by atoms with Gasteiger partial charge in [0.1, 0.15) is 5.82 Å². The van der Waals surface area contributed by atoms with Crippen LogP contribution in [0.3, 0.4) is 0 Å². The van der Waals surface area contributed by atoms with Crippen molar-refractivity contribution in [1.82, 2.24) is 10.3 Å². The molecule has 1 amide bonds. The van der Waals surface area contributed by atoms with Gasteiger partial charge in [0, 0.05) is 35.1 Å². The van der Waals surface area contributed by atoms with E-state index >= 15 is 0 Å². The van der Waals surface area contributed by atoms with Crippen LogP contribution < -0.4 is 5.32 Å². The minimum atomic E-state index is -0.354. The number of H-pyrrole nitrogens is 1. The van der Waals surface area contributed by atoms with Gasteiger partial charge in [-0.25, -0.2) is 4.39 Å². The zero-order valence-electron chi connectivity index (χ0n) is 14.7. The molecule has 1 aromatic heterocycles. The predicted molar refractivity (Wildman–Crippen MR) is 105 cm³/mol. The quantitative estimate of drug-likeness (QED) is 0.525. The van der Waals surface area contributed by atoms with Crippen molar-refractivity contribution in [3.8, 4) is 0 Å². The number of fused-ring (bicyclic) bond motifs is 1. The highest BCUT2D eigenvalue weighted by atomic mass is 19.1. The van der Waals surface area contributed by atoms with Gasteiger partial charge >= 0.3 is 0 Å². The Morgan fingerprint density at radius 1 is 0.926 bits per heavy atom. The number of rotatable bonds is 5. The number of benzene rings is 3. The number of aromatic nitrogens is 1. The third-order valence-electron chi connectivity index (χ3n) is 4.77. The van der Waals surface area contributed by atoms with Crippen LogP contribution in [0.1, 0.15) is 27.4 Å². The fourth-order valence-electron chi connectivity index (χ4n) is 3.37. The molecule has 0 aliphatic rings. The van der Waals surface area contributed by atoms with Crippen molar-refractivity contribution in [3.63, 3.8) is 0 Å². The summed E-state index contributed by atoms with van der Waals surface area (Å²) in [6, 6.07) is 23.8. The lowest BCUT2D eigenvalue weighted by Gasteiger charge is -2.18. The molecule has 134 valence electrons. The zero-order valence-corrected chi connectivity index (χ0v) is 14.7. The summed E-state index contributed by atoms with van der Waals surface area (Å²) in [5.74, 6) is -0.560. The van der Waals surface area contributed by atoms with Crippen LogP contribution in [0.2, 0.25) is 0 Å². The monoisotopic (exact) mass is 358 g/mol. The molecule has 0 fully saturated rings. The van der Waals surface area contributed by atoms with Gasteiger partial charge in [-0.05, 0) is 41.5 Å². The normalized spacial score (nSPS) is 12.0. The summed E-state index contributed by atoms with van der Waals surface area (Å²) >= 11 is 0. The summed E-state index contributed by atoms with van der Waals surface area (Å²) in [7, 11) is 0. The van der Waals surface area contributed by atoms with E-state index in [0.29, 0.717) is 12.1 Å². The van der Waals surface area contributed by atoms with Crippen molar-refractivity contribution < 1.29 is 9.18 Å². The van der Waals surface area contributed by atoms with Gasteiger partial charge in [0.05, 0.1) is 0 Å². The second kappa shape index (κ2) is 7.46. The number of nitrogens with one attached hydrogen (secondary N) is 2. The number of para-hydroxylation sites is 1. The van der Waals surface area contributed by atoms with Crippen LogP contribution in [-0.2, 0) is 0 Å². The average molecular weight is 358 g/mol. The molecule has 4 rings (SSSR count). The van der Waals surface area contributed by atoms with Crippen LogP contribution in [0.25, 0.3) is 10.9 Å². The summed E-state index contributed by atoms with van der Waals surface area (Å²) in [4.78, 5) is 15.8. The van der Waals surface area contributed by atoms with Crippen molar-refractivity contribution in [1.29, 1.82) is 0 Å². The Hall–Kier alpha value is -3.40. The van der Waals surface area contributed by atoms with Gasteiger partial charge < -0.3 is 10.3 Å². The lowest BCUT2D eigenvalue weighted by molar-refractivity contribution is 0.0952. The SMILES string of the molecule is O=C(NCC(c1ccccc1)c1c[nH]c2ccccc12)c1ccc(F)cc1. The largest absolute Gasteiger partial charge is 0.361 e. The van der Waals surface area contributed by atoms with E-state index < -0.39 is 0 Å². The molecule has 0 saturated heterocycles. The number of amides is 1. The molecule has 27 heavy (non-hydrogen) atoms. The average Bonchev–Trinajstić information content (AvgIpc) is 3.13. The molecule has 4 aromatic rings. The number of halogens is 1. The molecule has 1 atom stereocenters. The first-order chi connectivity index (χ1) is 13.2. The Labute approximate surface area is 156 Å². The number of hydrogen-bond acceptors (Lipinski definition) is 1. The summed E-state index contributed by atoms with van der Waals surface area (Å²) in [6.45, 7) is 0.446. The molecule has 3 aromatic carbocycles. The highest BCUT2D eigenvalue weighted by Crippen LogP contribution is 2.30. The van der Waals surface area contributed by atoms with E-state index in [1.165, 1.54) is 24.3 Å². The molecule has 1 heterocycles. The predicted octanol–water partition coefficient (Wildman–Crippen LogP) is 4.87. The zero-order chi connectivity index (χ0) is 18.6. The Morgan fingerprint density at radius 3 is 2.41 bits per heavy atom. The number of aromatic amines is 1. The minimum absolute atomic E-state index is 0.00625. The summed E-state index contributed by atoms with van der Waals surface area (Å²) in [5.41, 5.74) is 3.78. The molecule has 3 nitrogen and oxygen atoms in total. The van der Waals surface area contributed by atoms with Crippen molar-refractivity contribution in [2.45, 2.75) is 5.92 Å². The van der Waals surface area contributed by atoms with E-state index in [2.05, 4.69) is 28.5 Å². The lowest BCUT2D eigenvalue weighted by atomic mass is 9.91. The third kappa shape index (κ3) is 3.60. The fraction of sp³-hybridized carbons (Fsp3) is 0.0870. The summed E-state index contributed by atoms with van der Waals surface area (Å²) < 4.78 is 13.1. The molecule has 0 bridgehead atoms. The molecule has 0 spiro atoms. The van der Waals surface area contributed by atoms with Gasteiger partial charge in [0.25, 0.3) is 5.91 Å². The van der Waals surface area contributed by atoms with E-state index in [0.717, 1.165) is 22.0 Å². The third-order valence-corrected chi connectivity index (χ3v) is 4.77. The summed E-state index contributed by atoms with van der Waals surface area (Å²) in [6.07, 6.45) is 2.01. The second-order valence-corrected chi connectivity index (χ2v) is 6.47. The van der Waals surface area contributed by atoms with Crippen molar-refractivity contribution in [3.05, 3.63) is 108 Å². The van der Waals surface area contributed by atoms with Crippen LogP contribution >= 0.6 is 0 Å². The van der Waals surface area contributed by atoms with Crippen LogP contribution in [0.4, 0.5) is 4.39 Å². The van der Waals surface area contributed by atoms with Gasteiger partial charge in [0.15, 0.2) is 0 Å². The van der Waals surface area contributed by atoms with E-state index in [4.69, 9.17) is 0 Å². The molecular weight excluding hydrogens is 339 g/mol. The molecular formula is C23H19FN2O. The van der Waals surface area contributed by atoms with Gasteiger partial charge in [0.2, 0.25) is 0 Å². The summed E-state index contributed by atoms with van der Waals surface area (Å²) in [5, 5.41) is 4.14. The van der Waals surface area contributed by atoms with Crippen molar-refractivity contribution in [2.24, 2.45) is 0 Å². The van der Waals surface area contributed by atoms with Gasteiger partial charge in [-0.3, -0.25) is 4.79 Å². The molecule has 4 heteroatoms. The van der Waals surface area contributed by atoms with E-state index in [9.17, 15) is 9.18 Å². The Morgan fingerprint density at radius 2 is 1.63 bits per heavy atom. The topological polar surface area (TPSA) is 44.9 Å². The van der Waals surface area contributed by atoms with Gasteiger partial charge in [-0.2, -0.15) is 0 Å². The number of hydrogen-bond donors (Lipinski definition) is 2. The molecule has 0 aliphatic carbocycles. The van der Waals surface area contributed by atoms with Crippen molar-refractivity contribution >= 4 is 16.8 Å². The highest BCUT2D eigenvalue weighted by Gasteiger charge is 2.19. The number of carbonyl (C=O) groups excluding carboxylic acids is 1. The maximum atomic E-state index is 13.1. The van der Waals surface area contributed by atoms with E-state index in [-0.39, 0.29) is 17.6 Å². The van der Waals surface area contributed by atoms with Crippen LogP contribution in [0, 0.1) is 5.82 Å². The van der Waals surface area contributed by atoms with Crippen LogP contribution in [0.15, 0.2) is 85.1 Å². The van der Waals surface area contributed by atoms with Crippen LogP contribution in [-0.4, -0.2) is 17.4 Å². The first-order valence-corrected chi connectivity index (χ1v) is 8.87. The first-order valence-electron chi connectivity index (χ1n) is 8.87. The van der Waals surface area contributed by atoms with Gasteiger partial charge in [-0.1, -0.05) is 48.5 Å². The maximum Gasteiger partial charge on any atom is 0.251 e. The molecule has 0 radical (unpaired) electrons. The Kier molecular flexibility index (Phi) is 4.71. The van der Waals surface area contributed by atoms with E-state index in [1.54, 1.807) is 0 Å².